The molecule has 2 amide bonds. The van der Waals surface area contributed by atoms with Crippen molar-refractivity contribution in [2.75, 3.05) is 12.3 Å². The summed E-state index contributed by atoms with van der Waals surface area (Å²) in [4.78, 5) is 12.2. The van der Waals surface area contributed by atoms with Crippen molar-refractivity contribution in [2.45, 2.75) is 66.3 Å². The average Bonchev–Trinajstić information content (AvgIpc) is 2.49. The van der Waals surface area contributed by atoms with Crippen LogP contribution in [0.1, 0.15) is 71.9 Å². The lowest BCUT2D eigenvalue weighted by Gasteiger charge is -2.37. The van der Waals surface area contributed by atoms with Crippen molar-refractivity contribution in [2.24, 2.45) is 11.3 Å². The zero-order chi connectivity index (χ0) is 20.1. The Morgan fingerprint density at radius 1 is 1.23 bits per heavy atom. The summed E-state index contributed by atoms with van der Waals surface area (Å²) in [6.45, 7) is 15.2. The summed E-state index contributed by atoms with van der Waals surface area (Å²) >= 11 is 0. The first-order valence-electron chi connectivity index (χ1n) is 9.31. The van der Waals surface area contributed by atoms with Crippen LogP contribution in [0.5, 0.6) is 0 Å². The van der Waals surface area contributed by atoms with Gasteiger partial charge in [-0.2, -0.15) is 0 Å². The van der Waals surface area contributed by atoms with E-state index in [1.54, 1.807) is 0 Å². The molecule has 5 nitrogen and oxygen atoms in total. The number of benzene rings is 1. The Morgan fingerprint density at radius 2 is 1.85 bits per heavy atom. The van der Waals surface area contributed by atoms with E-state index in [-0.39, 0.29) is 22.9 Å². The third kappa shape index (κ3) is 6.70. The topological polar surface area (TPSA) is 91.0 Å². The lowest BCUT2D eigenvalue weighted by Crippen LogP contribution is -2.49. The molecule has 1 aromatic rings. The van der Waals surface area contributed by atoms with Gasteiger partial charge in [0.1, 0.15) is 0 Å². The van der Waals surface area contributed by atoms with E-state index >= 15 is 0 Å². The Morgan fingerprint density at radius 3 is 2.35 bits per heavy atom. The molecule has 0 saturated heterocycles. The molecule has 0 aliphatic rings. The van der Waals surface area contributed by atoms with Crippen LogP contribution in [0.15, 0.2) is 18.2 Å². The summed E-state index contributed by atoms with van der Waals surface area (Å²) in [5.41, 5.74) is 8.07. The van der Waals surface area contributed by atoms with Gasteiger partial charge in [0.25, 0.3) is 0 Å². The predicted octanol–water partition coefficient (Wildman–Crippen LogP) is 4.52. The maximum atomic E-state index is 12.2. The summed E-state index contributed by atoms with van der Waals surface area (Å²) in [6, 6.07) is 5.78. The van der Waals surface area contributed by atoms with Gasteiger partial charge in [-0.3, -0.25) is 0 Å². The molecule has 0 aliphatic heterocycles. The summed E-state index contributed by atoms with van der Waals surface area (Å²) in [7, 11) is 0. The van der Waals surface area contributed by atoms with Crippen LogP contribution in [0, 0.1) is 16.7 Å². The fourth-order valence-electron chi connectivity index (χ4n) is 3.13. The lowest BCUT2D eigenvalue weighted by atomic mass is 9.71. The van der Waals surface area contributed by atoms with E-state index in [1.807, 2.05) is 39.0 Å². The molecule has 5 heteroatoms. The smallest absolute Gasteiger partial charge is 0.315 e. The number of carbonyl (C=O) groups is 1. The Labute approximate surface area is 158 Å². The molecule has 26 heavy (non-hydrogen) atoms. The molecule has 0 radical (unpaired) electrons. The highest BCUT2D eigenvalue weighted by Crippen LogP contribution is 2.40. The largest absolute Gasteiger partial charge is 0.398 e. The number of hydrogen-bond donors (Lipinski definition) is 4. The number of amides is 2. The molecule has 0 aromatic heterocycles. The Bertz CT molecular complexity index is 629. The van der Waals surface area contributed by atoms with Crippen LogP contribution in [-0.2, 0) is 0 Å². The zero-order valence-corrected chi connectivity index (χ0v) is 17.4. The Hall–Kier alpha value is -2.04. The zero-order valence-electron chi connectivity index (χ0n) is 17.4. The number of anilines is 1. The molecule has 1 atom stereocenters. The molecule has 0 spiro atoms. The van der Waals surface area contributed by atoms with Gasteiger partial charge in [-0.15, -0.1) is 0 Å². The minimum atomic E-state index is -0.263. The maximum absolute atomic E-state index is 12.2. The van der Waals surface area contributed by atoms with Gasteiger partial charge in [0, 0.05) is 29.5 Å². The molecular formula is C21H36N4O. The van der Waals surface area contributed by atoms with Crippen molar-refractivity contribution < 1.29 is 4.79 Å². The number of rotatable bonds is 7. The monoisotopic (exact) mass is 360 g/mol. The van der Waals surface area contributed by atoms with E-state index in [1.165, 1.54) is 6.21 Å². The number of urea groups is 1. The predicted molar refractivity (Wildman–Crippen MR) is 111 cm³/mol. The van der Waals surface area contributed by atoms with E-state index in [0.717, 1.165) is 17.5 Å². The van der Waals surface area contributed by atoms with E-state index in [4.69, 9.17) is 11.1 Å². The molecule has 146 valence electrons. The van der Waals surface area contributed by atoms with Crippen LogP contribution < -0.4 is 16.4 Å². The highest BCUT2D eigenvalue weighted by molar-refractivity contribution is 5.85. The SMILES string of the molecule is CC(C)CC(c1ccc(N)c(C=N)c1)C(C)(C)CNC(=O)NC(C)(C)C. The van der Waals surface area contributed by atoms with Gasteiger partial charge in [0.15, 0.2) is 0 Å². The van der Waals surface area contributed by atoms with Crippen LogP contribution in [0.3, 0.4) is 0 Å². The molecule has 1 rings (SSSR count). The second-order valence-corrected chi connectivity index (χ2v) is 9.26. The first kappa shape index (κ1) is 22.0. The van der Waals surface area contributed by atoms with Crippen molar-refractivity contribution >= 4 is 17.9 Å². The third-order valence-electron chi connectivity index (χ3n) is 4.51. The van der Waals surface area contributed by atoms with Gasteiger partial charge in [-0.25, -0.2) is 4.79 Å². The van der Waals surface area contributed by atoms with Crippen LogP contribution >= 0.6 is 0 Å². The summed E-state index contributed by atoms with van der Waals surface area (Å²) in [5, 5.41) is 13.5. The van der Waals surface area contributed by atoms with Gasteiger partial charge in [0.05, 0.1) is 0 Å². The number of carbonyl (C=O) groups excluding carboxylic acids is 1. The van der Waals surface area contributed by atoms with E-state index in [0.29, 0.717) is 18.2 Å². The second kappa shape index (κ2) is 8.56. The van der Waals surface area contributed by atoms with Gasteiger partial charge in [0.2, 0.25) is 0 Å². The first-order valence-corrected chi connectivity index (χ1v) is 9.31. The van der Waals surface area contributed by atoms with E-state index in [2.05, 4.69) is 38.3 Å². The van der Waals surface area contributed by atoms with Gasteiger partial charge in [-0.05, 0) is 62.1 Å². The summed E-state index contributed by atoms with van der Waals surface area (Å²) in [6.07, 6.45) is 2.30. The number of hydrogen-bond acceptors (Lipinski definition) is 3. The lowest BCUT2D eigenvalue weighted by molar-refractivity contribution is 0.211. The standard InChI is InChI=1S/C21H36N4O/c1-14(2)10-17(15-8-9-18(23)16(11-15)12-22)21(6,7)13-24-19(26)25-20(3,4)5/h8-9,11-12,14,17,22H,10,13,23H2,1-7H3,(H2,24,25,26). The van der Waals surface area contributed by atoms with Crippen molar-refractivity contribution in [3.05, 3.63) is 29.3 Å². The molecule has 0 saturated carbocycles. The van der Waals surface area contributed by atoms with Crippen molar-refractivity contribution in [1.29, 1.82) is 5.41 Å². The molecule has 0 bridgehead atoms. The third-order valence-corrected chi connectivity index (χ3v) is 4.51. The van der Waals surface area contributed by atoms with Gasteiger partial charge < -0.3 is 21.8 Å². The first-order chi connectivity index (χ1) is 11.9. The number of nitrogens with one attached hydrogen (secondary N) is 3. The van der Waals surface area contributed by atoms with Crippen LogP contribution in [0.4, 0.5) is 10.5 Å². The Kier molecular flexibility index (Phi) is 7.25. The molecule has 0 aliphatic carbocycles. The molecule has 1 aromatic carbocycles. The number of nitrogen functional groups attached to an aromatic ring is 1. The highest BCUT2D eigenvalue weighted by Gasteiger charge is 2.32. The van der Waals surface area contributed by atoms with Gasteiger partial charge in [-0.1, -0.05) is 33.8 Å². The molecule has 1 unspecified atom stereocenters. The highest BCUT2D eigenvalue weighted by atomic mass is 16.2. The fraction of sp³-hybridized carbons (Fsp3) is 0.619. The minimum absolute atomic E-state index is 0.144. The van der Waals surface area contributed by atoms with E-state index < -0.39 is 0 Å². The average molecular weight is 361 g/mol. The normalized spacial score (nSPS) is 13.4. The van der Waals surface area contributed by atoms with Crippen LogP contribution in [0.2, 0.25) is 0 Å². The van der Waals surface area contributed by atoms with Crippen molar-refractivity contribution in [3.8, 4) is 0 Å². The minimum Gasteiger partial charge on any atom is -0.398 e. The molecule has 0 heterocycles. The second-order valence-electron chi connectivity index (χ2n) is 9.26. The van der Waals surface area contributed by atoms with Gasteiger partial charge >= 0.3 is 6.03 Å². The van der Waals surface area contributed by atoms with Crippen molar-refractivity contribution in [1.82, 2.24) is 10.6 Å². The quantitative estimate of drug-likeness (QED) is 0.425. The van der Waals surface area contributed by atoms with E-state index in [9.17, 15) is 4.79 Å². The van der Waals surface area contributed by atoms with Crippen LogP contribution in [0.25, 0.3) is 0 Å². The Balaban J connectivity index is 3.03. The van der Waals surface area contributed by atoms with Crippen LogP contribution in [-0.4, -0.2) is 24.3 Å². The molecule has 5 N–H and O–H groups in total. The summed E-state index contributed by atoms with van der Waals surface area (Å²) < 4.78 is 0. The fourth-order valence-corrected chi connectivity index (χ4v) is 3.13. The maximum Gasteiger partial charge on any atom is 0.315 e. The summed E-state index contributed by atoms with van der Waals surface area (Å²) in [5.74, 6) is 0.764. The number of nitrogens with two attached hydrogens (primary N) is 1. The van der Waals surface area contributed by atoms with Crippen molar-refractivity contribution in [3.63, 3.8) is 0 Å². The molecule has 0 fully saturated rings. The molecular weight excluding hydrogens is 324 g/mol.